The summed E-state index contributed by atoms with van der Waals surface area (Å²) >= 11 is 1.73. The first-order chi connectivity index (χ1) is 14.9. The Morgan fingerprint density at radius 2 is 1.73 bits per heavy atom. The van der Waals surface area contributed by atoms with Crippen LogP contribution < -0.4 is 5.32 Å². The van der Waals surface area contributed by atoms with E-state index in [4.69, 9.17) is 9.47 Å². The highest BCUT2D eigenvalue weighted by Gasteiger charge is 2.25. The van der Waals surface area contributed by atoms with Crippen LogP contribution in [-0.4, -0.2) is 32.5 Å². The normalized spacial score (nSPS) is 20.2. The molecule has 0 aliphatic carbocycles. The minimum absolute atomic E-state index is 0.160. The highest BCUT2D eigenvalue weighted by Crippen LogP contribution is 2.35. The van der Waals surface area contributed by atoms with E-state index >= 15 is 0 Å². The third-order valence-corrected chi connectivity index (χ3v) is 6.70. The fourth-order valence-corrected chi connectivity index (χ4v) is 5.13. The maximum absolute atomic E-state index is 5.58. The van der Waals surface area contributed by atoms with Crippen LogP contribution in [0.4, 0.5) is 0 Å². The molecule has 1 unspecified atom stereocenters. The molecule has 1 saturated heterocycles. The van der Waals surface area contributed by atoms with Crippen LogP contribution in [-0.2, 0) is 22.3 Å². The van der Waals surface area contributed by atoms with Crippen molar-refractivity contribution in [3.8, 4) is 0 Å². The molecule has 0 radical (unpaired) electrons. The van der Waals surface area contributed by atoms with Gasteiger partial charge in [0, 0.05) is 19.3 Å². The minimum atomic E-state index is -0.160. The minimum Gasteiger partial charge on any atom is -0.345 e. The van der Waals surface area contributed by atoms with Crippen molar-refractivity contribution in [2.45, 2.75) is 25.2 Å². The quantitative estimate of drug-likeness (QED) is 0.657. The smallest absolute Gasteiger partial charge is 0.193 e. The van der Waals surface area contributed by atoms with Crippen LogP contribution in [0.3, 0.4) is 0 Å². The van der Waals surface area contributed by atoms with Gasteiger partial charge < -0.3 is 14.8 Å². The molecule has 2 aromatic carbocycles. The molecule has 3 aromatic rings. The lowest BCUT2D eigenvalue weighted by molar-refractivity contribution is -0.0413. The van der Waals surface area contributed by atoms with Gasteiger partial charge >= 0.3 is 0 Å². The SMILES string of the molecule is C1=NCCc2ccccc21.c1ccc2c(c1)CCNC2c1csc(C2OCCO2)c1. The predicted molar refractivity (Wildman–Crippen MR) is 122 cm³/mol. The summed E-state index contributed by atoms with van der Waals surface area (Å²) < 4.78 is 11.2. The molecule has 1 fully saturated rings. The van der Waals surface area contributed by atoms with E-state index in [9.17, 15) is 0 Å². The van der Waals surface area contributed by atoms with Crippen LogP contribution >= 0.6 is 11.3 Å². The number of rotatable bonds is 2. The fourth-order valence-electron chi connectivity index (χ4n) is 4.20. The summed E-state index contributed by atoms with van der Waals surface area (Å²) in [5.41, 5.74) is 6.89. The number of hydrogen-bond donors (Lipinski definition) is 1. The predicted octanol–water partition coefficient (Wildman–Crippen LogP) is 4.69. The molecule has 5 heteroatoms. The summed E-state index contributed by atoms with van der Waals surface area (Å²) in [6.45, 7) is 3.38. The van der Waals surface area contributed by atoms with Crippen molar-refractivity contribution < 1.29 is 9.47 Å². The molecule has 30 heavy (non-hydrogen) atoms. The molecule has 6 rings (SSSR count). The third-order valence-electron chi connectivity index (χ3n) is 5.73. The Labute approximate surface area is 181 Å². The summed E-state index contributed by atoms with van der Waals surface area (Å²) in [6, 6.07) is 19.6. The van der Waals surface area contributed by atoms with Gasteiger partial charge in [0.2, 0.25) is 0 Å². The number of ether oxygens (including phenoxy) is 2. The van der Waals surface area contributed by atoms with Crippen molar-refractivity contribution in [2.24, 2.45) is 4.99 Å². The Balaban J connectivity index is 0.000000161. The van der Waals surface area contributed by atoms with E-state index < -0.39 is 0 Å². The molecule has 1 N–H and O–H groups in total. The first-order valence-corrected chi connectivity index (χ1v) is 11.5. The van der Waals surface area contributed by atoms with E-state index in [1.807, 2.05) is 6.21 Å². The zero-order valence-electron chi connectivity index (χ0n) is 16.9. The fraction of sp³-hybridized carbons (Fsp3) is 0.320. The maximum Gasteiger partial charge on any atom is 0.193 e. The maximum atomic E-state index is 5.58. The van der Waals surface area contributed by atoms with Crippen molar-refractivity contribution in [1.82, 2.24) is 5.32 Å². The van der Waals surface area contributed by atoms with Gasteiger partial charge in [0.05, 0.1) is 24.1 Å². The average molecular weight is 419 g/mol. The molecule has 0 bridgehead atoms. The lowest BCUT2D eigenvalue weighted by Gasteiger charge is -2.26. The molecule has 3 aliphatic heterocycles. The molecule has 4 nitrogen and oxygen atoms in total. The summed E-state index contributed by atoms with van der Waals surface area (Å²) in [6.07, 6.45) is 4.01. The van der Waals surface area contributed by atoms with Gasteiger partial charge in [-0.25, -0.2) is 0 Å². The molecule has 1 atom stereocenters. The van der Waals surface area contributed by atoms with E-state index in [1.165, 1.54) is 32.7 Å². The van der Waals surface area contributed by atoms with Crippen molar-refractivity contribution >= 4 is 17.6 Å². The molecule has 4 heterocycles. The van der Waals surface area contributed by atoms with Crippen molar-refractivity contribution in [2.75, 3.05) is 26.3 Å². The zero-order chi connectivity index (χ0) is 20.2. The van der Waals surface area contributed by atoms with E-state index in [1.54, 1.807) is 11.3 Å². The molecular formula is C25H26N2O2S. The lowest BCUT2D eigenvalue weighted by Crippen LogP contribution is -2.30. The number of benzene rings is 2. The van der Waals surface area contributed by atoms with Crippen LogP contribution in [0.25, 0.3) is 0 Å². The van der Waals surface area contributed by atoms with Gasteiger partial charge in [-0.15, -0.1) is 11.3 Å². The van der Waals surface area contributed by atoms with Gasteiger partial charge in [-0.05, 0) is 52.1 Å². The summed E-state index contributed by atoms with van der Waals surface area (Å²) in [7, 11) is 0. The second-order valence-electron chi connectivity index (χ2n) is 7.68. The summed E-state index contributed by atoms with van der Waals surface area (Å²) in [4.78, 5) is 5.36. The van der Waals surface area contributed by atoms with E-state index in [0.29, 0.717) is 19.3 Å². The number of hydrogen-bond acceptors (Lipinski definition) is 5. The largest absolute Gasteiger partial charge is 0.345 e. The van der Waals surface area contributed by atoms with Crippen molar-refractivity contribution in [3.63, 3.8) is 0 Å². The molecular weight excluding hydrogens is 392 g/mol. The topological polar surface area (TPSA) is 42.9 Å². The second-order valence-corrected chi connectivity index (χ2v) is 8.62. The molecule has 0 spiro atoms. The Hall–Kier alpha value is -2.31. The summed E-state index contributed by atoms with van der Waals surface area (Å²) in [5, 5.41) is 5.84. The first kappa shape index (κ1) is 19.6. The van der Waals surface area contributed by atoms with Gasteiger partial charge in [-0.1, -0.05) is 48.5 Å². The van der Waals surface area contributed by atoms with Crippen molar-refractivity contribution in [1.29, 1.82) is 0 Å². The number of aliphatic imine (C=N–C) groups is 1. The number of nitrogens with zero attached hydrogens (tertiary/aromatic N) is 1. The summed E-state index contributed by atoms with van der Waals surface area (Å²) in [5.74, 6) is 0. The van der Waals surface area contributed by atoms with Gasteiger partial charge in [-0.2, -0.15) is 0 Å². The second kappa shape index (κ2) is 9.23. The Morgan fingerprint density at radius 1 is 0.933 bits per heavy atom. The molecule has 1 aromatic heterocycles. The van der Waals surface area contributed by atoms with Gasteiger partial charge in [-0.3, -0.25) is 4.99 Å². The van der Waals surface area contributed by atoms with E-state index in [2.05, 4.69) is 70.3 Å². The van der Waals surface area contributed by atoms with Crippen molar-refractivity contribution in [3.05, 3.63) is 92.7 Å². The number of fused-ring (bicyclic) bond motifs is 2. The highest BCUT2D eigenvalue weighted by atomic mass is 32.1. The van der Waals surface area contributed by atoms with E-state index in [0.717, 1.165) is 25.9 Å². The monoisotopic (exact) mass is 418 g/mol. The lowest BCUT2D eigenvalue weighted by atomic mass is 9.91. The van der Waals surface area contributed by atoms with Crippen LogP contribution in [0.5, 0.6) is 0 Å². The zero-order valence-corrected chi connectivity index (χ0v) is 17.7. The Kier molecular flexibility index (Phi) is 6.04. The molecule has 0 saturated carbocycles. The van der Waals surface area contributed by atoms with Crippen LogP contribution in [0.2, 0.25) is 0 Å². The van der Waals surface area contributed by atoms with Gasteiger partial charge in [0.1, 0.15) is 0 Å². The average Bonchev–Trinajstić information content (AvgIpc) is 3.51. The van der Waals surface area contributed by atoms with Gasteiger partial charge in [0.15, 0.2) is 6.29 Å². The Bertz CT molecular complexity index is 1020. The molecule has 3 aliphatic rings. The molecule has 154 valence electrons. The standard InChI is InChI=1S/C16H17NO2S.C9H9N/c1-2-4-13-11(3-1)5-6-17-15(13)12-9-14(20-10-12)16-18-7-8-19-16;1-2-4-9-7-10-6-5-8(9)3-1/h1-4,9-10,15-17H,5-8H2;1-4,7H,5-6H2. The highest BCUT2D eigenvalue weighted by molar-refractivity contribution is 7.10. The molecule has 0 amide bonds. The van der Waals surface area contributed by atoms with Crippen LogP contribution in [0.15, 0.2) is 65.0 Å². The number of thiophene rings is 1. The first-order valence-electron chi connectivity index (χ1n) is 10.6. The van der Waals surface area contributed by atoms with Gasteiger partial charge in [0.25, 0.3) is 0 Å². The van der Waals surface area contributed by atoms with Crippen LogP contribution in [0, 0.1) is 0 Å². The third kappa shape index (κ3) is 4.25. The number of nitrogens with one attached hydrogen (secondary N) is 1. The Morgan fingerprint density at radius 3 is 2.60 bits per heavy atom. The van der Waals surface area contributed by atoms with E-state index in [-0.39, 0.29) is 6.29 Å². The van der Waals surface area contributed by atoms with Crippen LogP contribution in [0.1, 0.15) is 45.0 Å².